The van der Waals surface area contributed by atoms with Gasteiger partial charge in [0.15, 0.2) is 0 Å². The second-order valence-electron chi connectivity index (χ2n) is 3.99. The summed E-state index contributed by atoms with van der Waals surface area (Å²) in [5, 5.41) is 3.31. The lowest BCUT2D eigenvalue weighted by molar-refractivity contribution is 0.445. The molecule has 1 aromatic rings. The quantitative estimate of drug-likeness (QED) is 0.847. The molecule has 3 heteroatoms. The molecule has 15 heavy (non-hydrogen) atoms. The van der Waals surface area contributed by atoms with Gasteiger partial charge in [-0.05, 0) is 36.8 Å². The number of rotatable bonds is 3. The minimum atomic E-state index is -0.0655. The minimum absolute atomic E-state index is 0.0655. The van der Waals surface area contributed by atoms with Crippen molar-refractivity contribution in [1.82, 2.24) is 5.32 Å². The average molecular weight is 225 g/mol. The normalized spacial score (nSPS) is 25.7. The van der Waals surface area contributed by atoms with E-state index in [9.17, 15) is 4.39 Å². The third-order valence-corrected chi connectivity index (χ3v) is 4.27. The van der Waals surface area contributed by atoms with Gasteiger partial charge in [0.2, 0.25) is 0 Å². The van der Waals surface area contributed by atoms with Crippen molar-refractivity contribution >= 4 is 11.8 Å². The predicted molar refractivity (Wildman–Crippen MR) is 63.8 cm³/mol. The SMILES string of the molecule is CNC1CSCC1Cc1ccccc1F. The highest BCUT2D eigenvalue weighted by atomic mass is 32.2. The third kappa shape index (κ3) is 2.52. The molecule has 1 heterocycles. The molecule has 1 aromatic carbocycles. The van der Waals surface area contributed by atoms with Crippen LogP contribution in [0.4, 0.5) is 4.39 Å². The molecule has 1 aliphatic rings. The van der Waals surface area contributed by atoms with Crippen molar-refractivity contribution in [2.24, 2.45) is 5.92 Å². The van der Waals surface area contributed by atoms with Crippen molar-refractivity contribution in [2.75, 3.05) is 18.6 Å². The predicted octanol–water partition coefficient (Wildman–Crippen LogP) is 2.32. The largest absolute Gasteiger partial charge is 0.316 e. The molecule has 1 N–H and O–H groups in total. The molecule has 0 amide bonds. The van der Waals surface area contributed by atoms with Crippen LogP contribution in [-0.4, -0.2) is 24.6 Å². The second kappa shape index (κ2) is 4.99. The van der Waals surface area contributed by atoms with Gasteiger partial charge in [-0.3, -0.25) is 0 Å². The summed E-state index contributed by atoms with van der Waals surface area (Å²) >= 11 is 1.96. The van der Waals surface area contributed by atoms with Crippen LogP contribution in [0.25, 0.3) is 0 Å². The van der Waals surface area contributed by atoms with E-state index >= 15 is 0 Å². The van der Waals surface area contributed by atoms with Gasteiger partial charge in [-0.15, -0.1) is 0 Å². The molecule has 2 rings (SSSR count). The van der Waals surface area contributed by atoms with Crippen LogP contribution in [0.15, 0.2) is 24.3 Å². The van der Waals surface area contributed by atoms with E-state index in [-0.39, 0.29) is 5.82 Å². The fourth-order valence-corrected chi connectivity index (χ4v) is 3.55. The topological polar surface area (TPSA) is 12.0 Å². The van der Waals surface area contributed by atoms with Gasteiger partial charge in [0.05, 0.1) is 0 Å². The van der Waals surface area contributed by atoms with Gasteiger partial charge >= 0.3 is 0 Å². The summed E-state index contributed by atoms with van der Waals surface area (Å²) in [4.78, 5) is 0. The van der Waals surface area contributed by atoms with E-state index in [0.29, 0.717) is 12.0 Å². The molecule has 1 aliphatic heterocycles. The number of thioether (sulfide) groups is 1. The van der Waals surface area contributed by atoms with Gasteiger partial charge in [-0.25, -0.2) is 4.39 Å². The molecule has 0 bridgehead atoms. The standard InChI is InChI=1S/C12H16FNS/c1-14-12-8-15-7-10(12)6-9-4-2-3-5-11(9)13/h2-5,10,12,14H,6-8H2,1H3. The number of hydrogen-bond donors (Lipinski definition) is 1. The Morgan fingerprint density at radius 2 is 2.20 bits per heavy atom. The Morgan fingerprint density at radius 3 is 2.93 bits per heavy atom. The summed E-state index contributed by atoms with van der Waals surface area (Å²) in [5.74, 6) is 2.79. The smallest absolute Gasteiger partial charge is 0.126 e. The number of hydrogen-bond acceptors (Lipinski definition) is 2. The van der Waals surface area contributed by atoms with Crippen molar-refractivity contribution in [3.8, 4) is 0 Å². The first-order valence-corrected chi connectivity index (χ1v) is 6.45. The van der Waals surface area contributed by atoms with Crippen LogP contribution in [0.5, 0.6) is 0 Å². The Hall–Kier alpha value is -0.540. The van der Waals surface area contributed by atoms with Crippen molar-refractivity contribution < 1.29 is 4.39 Å². The summed E-state index contributed by atoms with van der Waals surface area (Å²) < 4.78 is 13.4. The zero-order valence-corrected chi connectivity index (χ0v) is 9.69. The second-order valence-corrected chi connectivity index (χ2v) is 5.06. The van der Waals surface area contributed by atoms with E-state index in [1.807, 2.05) is 30.9 Å². The fourth-order valence-electron chi connectivity index (χ4n) is 2.07. The highest BCUT2D eigenvalue weighted by molar-refractivity contribution is 7.99. The molecule has 0 aromatic heterocycles. The van der Waals surface area contributed by atoms with E-state index in [0.717, 1.165) is 23.5 Å². The first-order chi connectivity index (χ1) is 7.31. The van der Waals surface area contributed by atoms with Crippen LogP contribution in [0.1, 0.15) is 5.56 Å². The number of benzene rings is 1. The van der Waals surface area contributed by atoms with Gasteiger partial charge in [-0.2, -0.15) is 11.8 Å². The van der Waals surface area contributed by atoms with Gasteiger partial charge in [-0.1, -0.05) is 18.2 Å². The lowest BCUT2D eigenvalue weighted by atomic mass is 9.95. The Labute approximate surface area is 94.5 Å². The Kier molecular flexibility index (Phi) is 3.65. The molecule has 0 radical (unpaired) electrons. The molecule has 2 unspecified atom stereocenters. The lowest BCUT2D eigenvalue weighted by Gasteiger charge is -2.18. The molecular formula is C12H16FNS. The Balaban J connectivity index is 2.05. The molecule has 1 fully saturated rings. The first-order valence-electron chi connectivity index (χ1n) is 5.29. The van der Waals surface area contributed by atoms with Crippen molar-refractivity contribution in [3.63, 3.8) is 0 Å². The maximum absolute atomic E-state index is 13.4. The van der Waals surface area contributed by atoms with E-state index in [4.69, 9.17) is 0 Å². The van der Waals surface area contributed by atoms with E-state index in [1.54, 1.807) is 12.1 Å². The maximum Gasteiger partial charge on any atom is 0.126 e. The van der Waals surface area contributed by atoms with Crippen molar-refractivity contribution in [3.05, 3.63) is 35.6 Å². The van der Waals surface area contributed by atoms with E-state index < -0.39 is 0 Å². The zero-order chi connectivity index (χ0) is 10.7. The van der Waals surface area contributed by atoms with Crippen molar-refractivity contribution in [1.29, 1.82) is 0 Å². The number of halogens is 1. The van der Waals surface area contributed by atoms with Gasteiger partial charge in [0.1, 0.15) is 5.82 Å². The molecule has 1 nitrogen and oxygen atoms in total. The number of nitrogens with one attached hydrogen (secondary N) is 1. The van der Waals surface area contributed by atoms with Crippen LogP contribution in [0.3, 0.4) is 0 Å². The summed E-state index contributed by atoms with van der Waals surface area (Å²) in [7, 11) is 1.99. The Bertz CT molecular complexity index is 329. The molecule has 0 aliphatic carbocycles. The molecule has 2 atom stereocenters. The molecule has 1 saturated heterocycles. The lowest BCUT2D eigenvalue weighted by Crippen LogP contribution is -2.33. The summed E-state index contributed by atoms with van der Waals surface area (Å²) in [6.07, 6.45) is 0.852. The van der Waals surface area contributed by atoms with Crippen LogP contribution in [-0.2, 0) is 6.42 Å². The average Bonchev–Trinajstić information content (AvgIpc) is 2.69. The van der Waals surface area contributed by atoms with Crippen molar-refractivity contribution in [2.45, 2.75) is 12.5 Å². The Morgan fingerprint density at radius 1 is 1.40 bits per heavy atom. The molecular weight excluding hydrogens is 209 g/mol. The first kappa shape index (κ1) is 11.0. The van der Waals surface area contributed by atoms with Gasteiger partial charge in [0, 0.05) is 11.8 Å². The van der Waals surface area contributed by atoms with Gasteiger partial charge in [0.25, 0.3) is 0 Å². The van der Waals surface area contributed by atoms with E-state index in [1.165, 1.54) is 0 Å². The molecule has 82 valence electrons. The molecule has 0 saturated carbocycles. The van der Waals surface area contributed by atoms with E-state index in [2.05, 4.69) is 5.32 Å². The van der Waals surface area contributed by atoms with Crippen LogP contribution < -0.4 is 5.32 Å². The monoisotopic (exact) mass is 225 g/mol. The zero-order valence-electron chi connectivity index (χ0n) is 8.87. The molecule has 0 spiro atoms. The van der Waals surface area contributed by atoms with Crippen LogP contribution >= 0.6 is 11.8 Å². The van der Waals surface area contributed by atoms with Crippen LogP contribution in [0, 0.1) is 11.7 Å². The minimum Gasteiger partial charge on any atom is -0.316 e. The van der Waals surface area contributed by atoms with Gasteiger partial charge < -0.3 is 5.32 Å². The third-order valence-electron chi connectivity index (χ3n) is 3.01. The highest BCUT2D eigenvalue weighted by Gasteiger charge is 2.26. The van der Waals surface area contributed by atoms with Crippen LogP contribution in [0.2, 0.25) is 0 Å². The maximum atomic E-state index is 13.4. The fraction of sp³-hybridized carbons (Fsp3) is 0.500. The summed E-state index contributed by atoms with van der Waals surface area (Å²) in [5.41, 5.74) is 0.852. The highest BCUT2D eigenvalue weighted by Crippen LogP contribution is 2.27. The summed E-state index contributed by atoms with van der Waals surface area (Å²) in [6, 6.07) is 7.64. The summed E-state index contributed by atoms with van der Waals surface area (Å²) in [6.45, 7) is 0.